The van der Waals surface area contributed by atoms with Crippen LogP contribution >= 0.6 is 22.7 Å². The maximum atomic E-state index is 5.25. The molecular weight excluding hydrogens is 767 g/mol. The van der Waals surface area contributed by atoms with E-state index in [9.17, 15) is 0 Å². The SMILES string of the molecule is c1ccc(-c2nc(-c3cccc(-c4cccc5sc6ccc(-c7cccc8c7-c7cccc9cccc-8c79)cc6c45)c3)nc(-c3cccc4c3sc3ccccc34)n2)cc1. The largest absolute Gasteiger partial charge is 0.208 e. The van der Waals surface area contributed by atoms with Crippen LogP contribution in [0.25, 0.3) is 130 Å². The first-order valence-corrected chi connectivity index (χ1v) is 21.8. The predicted molar refractivity (Wildman–Crippen MR) is 255 cm³/mol. The average molecular weight is 798 g/mol. The molecule has 0 spiro atoms. The summed E-state index contributed by atoms with van der Waals surface area (Å²) >= 11 is 3.65. The van der Waals surface area contributed by atoms with Crippen molar-refractivity contribution in [2.75, 3.05) is 0 Å². The maximum Gasteiger partial charge on any atom is 0.165 e. The summed E-state index contributed by atoms with van der Waals surface area (Å²) in [7, 11) is 0. The van der Waals surface area contributed by atoms with Gasteiger partial charge in [-0.1, -0.05) is 152 Å². The van der Waals surface area contributed by atoms with E-state index in [1.165, 1.54) is 90.1 Å². The van der Waals surface area contributed by atoms with Gasteiger partial charge < -0.3 is 0 Å². The molecule has 0 N–H and O–H groups in total. The number of aromatic nitrogens is 3. The lowest BCUT2D eigenvalue weighted by Crippen LogP contribution is -2.00. The Morgan fingerprint density at radius 3 is 1.82 bits per heavy atom. The second-order valence-electron chi connectivity index (χ2n) is 15.5. The highest BCUT2D eigenvalue weighted by Crippen LogP contribution is 2.52. The van der Waals surface area contributed by atoms with Gasteiger partial charge in [0.2, 0.25) is 0 Å². The minimum Gasteiger partial charge on any atom is -0.208 e. The first-order chi connectivity index (χ1) is 29.7. The third kappa shape index (κ3) is 5.10. The monoisotopic (exact) mass is 797 g/mol. The lowest BCUT2D eigenvalue weighted by atomic mass is 9.92. The Bertz CT molecular complexity index is 3720. The molecular formula is C55H31N3S2. The van der Waals surface area contributed by atoms with Crippen LogP contribution in [0, 0.1) is 0 Å². The second kappa shape index (κ2) is 13.1. The van der Waals surface area contributed by atoms with E-state index in [-0.39, 0.29) is 0 Å². The summed E-state index contributed by atoms with van der Waals surface area (Å²) in [5.41, 5.74) is 13.0. The summed E-state index contributed by atoms with van der Waals surface area (Å²) in [6, 6.07) is 67.9. The molecule has 0 saturated carbocycles. The number of fused-ring (bicyclic) bond motifs is 9. The molecule has 278 valence electrons. The molecule has 0 unspecified atom stereocenters. The van der Waals surface area contributed by atoms with Gasteiger partial charge in [0.15, 0.2) is 17.5 Å². The molecule has 0 bridgehead atoms. The Kier molecular flexibility index (Phi) is 7.35. The van der Waals surface area contributed by atoms with Crippen LogP contribution in [-0.2, 0) is 0 Å². The predicted octanol–water partition coefficient (Wildman–Crippen LogP) is 15.7. The second-order valence-corrected chi connectivity index (χ2v) is 17.6. The summed E-state index contributed by atoms with van der Waals surface area (Å²) in [4.78, 5) is 15.5. The van der Waals surface area contributed by atoms with Crippen molar-refractivity contribution in [3.05, 3.63) is 188 Å². The fraction of sp³-hybridized carbons (Fsp3) is 0. The molecule has 0 atom stereocenters. The minimum atomic E-state index is 0.650. The molecule has 0 amide bonds. The molecule has 1 aliphatic carbocycles. The summed E-state index contributed by atoms with van der Waals surface area (Å²) in [6.45, 7) is 0. The molecule has 0 saturated heterocycles. The third-order valence-corrected chi connectivity index (χ3v) is 14.4. The molecule has 3 nitrogen and oxygen atoms in total. The Labute approximate surface area is 353 Å². The fourth-order valence-corrected chi connectivity index (χ4v) is 11.7. The van der Waals surface area contributed by atoms with Crippen LogP contribution in [0.2, 0.25) is 0 Å². The molecule has 13 rings (SSSR count). The van der Waals surface area contributed by atoms with E-state index in [2.05, 4.69) is 170 Å². The summed E-state index contributed by atoms with van der Waals surface area (Å²) in [5.74, 6) is 1.98. The number of thiophene rings is 2. The number of hydrogen-bond acceptors (Lipinski definition) is 5. The van der Waals surface area contributed by atoms with Crippen molar-refractivity contribution in [1.82, 2.24) is 15.0 Å². The van der Waals surface area contributed by atoms with Gasteiger partial charge in [-0.15, -0.1) is 22.7 Å². The van der Waals surface area contributed by atoms with E-state index in [1.807, 2.05) is 29.5 Å². The molecule has 0 fully saturated rings. The third-order valence-electron chi connectivity index (χ3n) is 12.1. The minimum absolute atomic E-state index is 0.650. The maximum absolute atomic E-state index is 5.25. The van der Waals surface area contributed by atoms with Crippen LogP contribution in [-0.4, -0.2) is 15.0 Å². The highest BCUT2D eigenvalue weighted by molar-refractivity contribution is 7.26. The van der Waals surface area contributed by atoms with Crippen LogP contribution in [0.4, 0.5) is 0 Å². The van der Waals surface area contributed by atoms with Gasteiger partial charge in [0.1, 0.15) is 0 Å². The highest BCUT2D eigenvalue weighted by Gasteiger charge is 2.25. The molecule has 1 aliphatic rings. The van der Waals surface area contributed by atoms with Crippen molar-refractivity contribution in [2.24, 2.45) is 0 Å². The standard InChI is InChI=1S/C55H31N3S2/c1-2-12-33(13-3-1)53-56-54(58-55(57-53)44-25-10-23-42-39-18-4-5-26-46(39)60-52(42)44)36-17-6-16-34(30-36)38-20-11-27-48-51(38)45-31-35(28-29-47(45)59-48)37-19-9-22-41-40-21-7-14-32-15-8-24-43(49(32)40)50(37)41/h1-31H. The Morgan fingerprint density at radius 2 is 0.900 bits per heavy atom. The van der Waals surface area contributed by atoms with Gasteiger partial charge in [0.25, 0.3) is 0 Å². The first kappa shape index (κ1) is 33.6. The number of nitrogens with zero attached hydrogens (tertiary/aromatic N) is 3. The number of benzene rings is 9. The van der Waals surface area contributed by atoms with Gasteiger partial charge in [0, 0.05) is 57.0 Å². The Morgan fingerprint density at radius 1 is 0.300 bits per heavy atom. The smallest absolute Gasteiger partial charge is 0.165 e. The van der Waals surface area contributed by atoms with Gasteiger partial charge in [-0.2, -0.15) is 0 Å². The normalized spacial score (nSPS) is 12.0. The van der Waals surface area contributed by atoms with Crippen molar-refractivity contribution in [3.63, 3.8) is 0 Å². The van der Waals surface area contributed by atoms with E-state index in [1.54, 1.807) is 11.3 Å². The van der Waals surface area contributed by atoms with E-state index in [4.69, 9.17) is 15.0 Å². The lowest BCUT2D eigenvalue weighted by Gasteiger charge is -2.12. The van der Waals surface area contributed by atoms with E-state index in [0.717, 1.165) is 22.3 Å². The van der Waals surface area contributed by atoms with E-state index in [0.29, 0.717) is 17.5 Å². The van der Waals surface area contributed by atoms with Crippen molar-refractivity contribution in [3.8, 4) is 78.7 Å². The average Bonchev–Trinajstić information content (AvgIpc) is 4.00. The van der Waals surface area contributed by atoms with E-state index >= 15 is 0 Å². The quantitative estimate of drug-likeness (QED) is 0.174. The van der Waals surface area contributed by atoms with Crippen molar-refractivity contribution < 1.29 is 0 Å². The van der Waals surface area contributed by atoms with Gasteiger partial charge in [-0.05, 0) is 91.7 Å². The Hall–Kier alpha value is -7.31. The van der Waals surface area contributed by atoms with Crippen LogP contribution < -0.4 is 0 Å². The summed E-state index contributed by atoms with van der Waals surface area (Å²) < 4.78 is 4.98. The number of rotatable bonds is 5. The van der Waals surface area contributed by atoms with Crippen LogP contribution in [0.15, 0.2) is 188 Å². The molecule has 3 aromatic heterocycles. The Balaban J connectivity index is 0.967. The molecule has 9 aromatic carbocycles. The first-order valence-electron chi connectivity index (χ1n) is 20.2. The molecule has 3 heterocycles. The van der Waals surface area contributed by atoms with Gasteiger partial charge in [-0.25, -0.2) is 15.0 Å². The van der Waals surface area contributed by atoms with Gasteiger partial charge in [-0.3, -0.25) is 0 Å². The molecule has 0 radical (unpaired) electrons. The molecule has 60 heavy (non-hydrogen) atoms. The topological polar surface area (TPSA) is 38.7 Å². The van der Waals surface area contributed by atoms with Crippen molar-refractivity contribution >= 4 is 73.8 Å². The zero-order valence-electron chi connectivity index (χ0n) is 32.1. The summed E-state index contributed by atoms with van der Waals surface area (Å²) in [6.07, 6.45) is 0. The molecule has 5 heteroatoms. The van der Waals surface area contributed by atoms with Crippen LogP contribution in [0.1, 0.15) is 0 Å². The van der Waals surface area contributed by atoms with Crippen molar-refractivity contribution in [1.29, 1.82) is 0 Å². The summed E-state index contributed by atoms with van der Waals surface area (Å²) in [5, 5.41) is 7.65. The van der Waals surface area contributed by atoms with Gasteiger partial charge in [0.05, 0.1) is 0 Å². The van der Waals surface area contributed by atoms with Gasteiger partial charge >= 0.3 is 0 Å². The zero-order valence-corrected chi connectivity index (χ0v) is 33.7. The highest BCUT2D eigenvalue weighted by atomic mass is 32.1. The van der Waals surface area contributed by atoms with Crippen molar-refractivity contribution in [2.45, 2.75) is 0 Å². The number of hydrogen-bond donors (Lipinski definition) is 0. The van der Waals surface area contributed by atoms with Crippen LogP contribution in [0.3, 0.4) is 0 Å². The zero-order chi connectivity index (χ0) is 39.3. The molecule has 12 aromatic rings. The lowest BCUT2D eigenvalue weighted by molar-refractivity contribution is 1.08. The molecule has 0 aliphatic heterocycles. The fourth-order valence-electron chi connectivity index (χ4n) is 9.41. The van der Waals surface area contributed by atoms with E-state index < -0.39 is 0 Å². The van der Waals surface area contributed by atoms with Crippen LogP contribution in [0.5, 0.6) is 0 Å².